The Labute approximate surface area is 123 Å². The van der Waals surface area contributed by atoms with Gasteiger partial charge in [0.1, 0.15) is 5.75 Å². The lowest BCUT2D eigenvalue weighted by atomic mass is 10.1. The highest BCUT2D eigenvalue weighted by Gasteiger charge is 2.08. The second-order valence-corrected chi connectivity index (χ2v) is 5.49. The van der Waals surface area contributed by atoms with Crippen LogP contribution in [0.4, 0.5) is 5.69 Å². The molecule has 0 saturated carbocycles. The topological polar surface area (TPSA) is 52.3 Å². The molecule has 0 bridgehead atoms. The zero-order valence-electron chi connectivity index (χ0n) is 11.6. The van der Waals surface area contributed by atoms with E-state index < -0.39 is 0 Å². The molecule has 0 atom stereocenters. The molecule has 104 valence electrons. The zero-order valence-corrected chi connectivity index (χ0v) is 12.4. The predicted octanol–water partition coefficient (Wildman–Crippen LogP) is 3.77. The molecule has 0 radical (unpaired) electrons. The Hall–Kier alpha value is -1.94. The van der Waals surface area contributed by atoms with Gasteiger partial charge >= 0.3 is 0 Å². The molecule has 4 heteroatoms. The fourth-order valence-corrected chi connectivity index (χ4v) is 2.71. The average Bonchev–Trinajstić information content (AvgIpc) is 2.46. The Morgan fingerprint density at radius 2 is 1.90 bits per heavy atom. The van der Waals surface area contributed by atoms with Crippen LogP contribution in [-0.4, -0.2) is 12.9 Å². The molecule has 0 aliphatic rings. The van der Waals surface area contributed by atoms with Gasteiger partial charge in [0.05, 0.1) is 7.11 Å². The monoisotopic (exact) mass is 287 g/mol. The molecule has 0 aliphatic carbocycles. The van der Waals surface area contributed by atoms with E-state index in [4.69, 9.17) is 10.5 Å². The lowest BCUT2D eigenvalue weighted by Crippen LogP contribution is -1.96. The van der Waals surface area contributed by atoms with Crippen molar-refractivity contribution in [1.82, 2.24) is 0 Å². The number of nitrogen functional groups attached to an aromatic ring is 1. The minimum absolute atomic E-state index is 0.0615. The standard InChI is InChI=1S/C16H17NO2S/c1-11(18)12-3-8-16(19-2)13(9-12)10-20-15-6-4-14(17)5-7-15/h3-9H,10,17H2,1-2H3. The summed E-state index contributed by atoms with van der Waals surface area (Å²) in [6.45, 7) is 1.57. The van der Waals surface area contributed by atoms with Crippen molar-refractivity contribution >= 4 is 23.2 Å². The summed E-state index contributed by atoms with van der Waals surface area (Å²) in [7, 11) is 1.64. The number of Topliss-reactive ketones (excluding diaryl/α,β-unsaturated/α-hetero) is 1. The van der Waals surface area contributed by atoms with Crippen LogP contribution in [0.15, 0.2) is 47.4 Å². The summed E-state index contributed by atoms with van der Waals surface area (Å²) in [5.41, 5.74) is 8.14. The second kappa shape index (κ2) is 6.48. The van der Waals surface area contributed by atoms with Gasteiger partial charge < -0.3 is 10.5 Å². The molecule has 0 amide bonds. The second-order valence-electron chi connectivity index (χ2n) is 4.44. The van der Waals surface area contributed by atoms with Gasteiger partial charge in [-0.15, -0.1) is 11.8 Å². The molecule has 0 aliphatic heterocycles. The molecule has 2 aromatic carbocycles. The highest BCUT2D eigenvalue weighted by atomic mass is 32.2. The average molecular weight is 287 g/mol. The first-order valence-corrected chi connectivity index (χ1v) is 7.25. The first-order valence-electron chi connectivity index (χ1n) is 6.26. The fourth-order valence-electron chi connectivity index (χ4n) is 1.84. The van der Waals surface area contributed by atoms with Gasteiger partial charge in [-0.05, 0) is 49.4 Å². The number of benzene rings is 2. The van der Waals surface area contributed by atoms with Crippen LogP contribution in [0.1, 0.15) is 22.8 Å². The van der Waals surface area contributed by atoms with Crippen molar-refractivity contribution in [1.29, 1.82) is 0 Å². The number of methoxy groups -OCH3 is 1. The first kappa shape index (κ1) is 14.5. The van der Waals surface area contributed by atoms with E-state index in [1.165, 1.54) is 0 Å². The van der Waals surface area contributed by atoms with Gasteiger partial charge in [-0.3, -0.25) is 4.79 Å². The molecule has 20 heavy (non-hydrogen) atoms. The normalized spacial score (nSPS) is 10.3. The molecule has 0 unspecified atom stereocenters. The Bertz CT molecular complexity index is 608. The minimum atomic E-state index is 0.0615. The summed E-state index contributed by atoms with van der Waals surface area (Å²) in [6.07, 6.45) is 0. The maximum absolute atomic E-state index is 11.4. The van der Waals surface area contributed by atoms with Crippen LogP contribution in [0.25, 0.3) is 0 Å². The Balaban J connectivity index is 2.16. The number of ether oxygens (including phenoxy) is 1. The molecule has 2 rings (SSSR count). The summed E-state index contributed by atoms with van der Waals surface area (Å²) in [5, 5.41) is 0. The molecule has 2 aromatic rings. The van der Waals surface area contributed by atoms with Crippen LogP contribution < -0.4 is 10.5 Å². The van der Waals surface area contributed by atoms with Crippen LogP contribution in [0, 0.1) is 0 Å². The van der Waals surface area contributed by atoms with Crippen molar-refractivity contribution in [3.63, 3.8) is 0 Å². The van der Waals surface area contributed by atoms with Crippen molar-refractivity contribution in [2.24, 2.45) is 0 Å². The van der Waals surface area contributed by atoms with E-state index >= 15 is 0 Å². The van der Waals surface area contributed by atoms with E-state index in [-0.39, 0.29) is 5.78 Å². The van der Waals surface area contributed by atoms with Crippen molar-refractivity contribution in [2.75, 3.05) is 12.8 Å². The fraction of sp³-hybridized carbons (Fsp3) is 0.188. The van der Waals surface area contributed by atoms with Gasteiger partial charge in [-0.25, -0.2) is 0 Å². The Morgan fingerprint density at radius 1 is 1.20 bits per heavy atom. The third kappa shape index (κ3) is 3.54. The number of hydrogen-bond acceptors (Lipinski definition) is 4. The van der Waals surface area contributed by atoms with Crippen LogP contribution in [-0.2, 0) is 5.75 Å². The van der Waals surface area contributed by atoms with Crippen LogP contribution >= 0.6 is 11.8 Å². The molecule has 0 aromatic heterocycles. The van der Waals surface area contributed by atoms with Crippen molar-refractivity contribution in [3.05, 3.63) is 53.6 Å². The molecule has 0 fully saturated rings. The molecule has 0 heterocycles. The summed E-state index contributed by atoms with van der Waals surface area (Å²) >= 11 is 1.69. The van der Waals surface area contributed by atoms with Crippen molar-refractivity contribution < 1.29 is 9.53 Å². The SMILES string of the molecule is COc1ccc(C(C)=O)cc1CSc1ccc(N)cc1. The number of anilines is 1. The predicted molar refractivity (Wildman–Crippen MR) is 83.4 cm³/mol. The number of nitrogens with two attached hydrogens (primary N) is 1. The number of carbonyl (C=O) groups excluding carboxylic acids is 1. The van der Waals surface area contributed by atoms with Gasteiger partial charge in [-0.1, -0.05) is 0 Å². The zero-order chi connectivity index (χ0) is 14.5. The Kier molecular flexibility index (Phi) is 4.69. The maximum atomic E-state index is 11.4. The van der Waals surface area contributed by atoms with Crippen LogP contribution in [0.5, 0.6) is 5.75 Å². The number of hydrogen-bond donors (Lipinski definition) is 1. The summed E-state index contributed by atoms with van der Waals surface area (Å²) in [5.74, 6) is 1.61. The van der Waals surface area contributed by atoms with Gasteiger partial charge in [0.2, 0.25) is 0 Å². The minimum Gasteiger partial charge on any atom is -0.496 e. The molecule has 2 N–H and O–H groups in total. The first-order chi connectivity index (χ1) is 9.60. The highest BCUT2D eigenvalue weighted by Crippen LogP contribution is 2.29. The van der Waals surface area contributed by atoms with E-state index in [0.29, 0.717) is 5.56 Å². The Morgan fingerprint density at radius 3 is 2.50 bits per heavy atom. The van der Waals surface area contributed by atoms with Crippen molar-refractivity contribution in [3.8, 4) is 5.75 Å². The molecule has 0 saturated heterocycles. The summed E-state index contributed by atoms with van der Waals surface area (Å²) in [6, 6.07) is 13.3. The largest absolute Gasteiger partial charge is 0.496 e. The number of ketones is 1. The van der Waals surface area contributed by atoms with Crippen LogP contribution in [0.2, 0.25) is 0 Å². The smallest absolute Gasteiger partial charge is 0.159 e. The highest BCUT2D eigenvalue weighted by molar-refractivity contribution is 7.98. The number of thioether (sulfide) groups is 1. The van der Waals surface area contributed by atoms with Gasteiger partial charge in [0.15, 0.2) is 5.78 Å². The quantitative estimate of drug-likeness (QED) is 0.516. The van der Waals surface area contributed by atoms with E-state index in [1.54, 1.807) is 31.9 Å². The molecule has 3 nitrogen and oxygen atoms in total. The number of carbonyl (C=O) groups is 1. The van der Waals surface area contributed by atoms with E-state index in [2.05, 4.69) is 0 Å². The van der Waals surface area contributed by atoms with Crippen molar-refractivity contribution in [2.45, 2.75) is 17.6 Å². The molecule has 0 spiro atoms. The maximum Gasteiger partial charge on any atom is 0.159 e. The third-order valence-electron chi connectivity index (χ3n) is 2.96. The van der Waals surface area contributed by atoms with E-state index in [9.17, 15) is 4.79 Å². The molecular formula is C16H17NO2S. The van der Waals surface area contributed by atoms with Gasteiger partial charge in [0.25, 0.3) is 0 Å². The molecular weight excluding hydrogens is 270 g/mol. The lowest BCUT2D eigenvalue weighted by molar-refractivity contribution is 0.101. The van der Waals surface area contributed by atoms with E-state index in [1.807, 2.05) is 36.4 Å². The summed E-state index contributed by atoms with van der Waals surface area (Å²) in [4.78, 5) is 12.6. The third-order valence-corrected chi connectivity index (χ3v) is 4.02. The van der Waals surface area contributed by atoms with E-state index in [0.717, 1.165) is 27.6 Å². The summed E-state index contributed by atoms with van der Waals surface area (Å²) < 4.78 is 5.34. The number of rotatable bonds is 5. The lowest BCUT2D eigenvalue weighted by Gasteiger charge is -2.10. The van der Waals surface area contributed by atoms with Gasteiger partial charge in [-0.2, -0.15) is 0 Å². The van der Waals surface area contributed by atoms with Crippen LogP contribution in [0.3, 0.4) is 0 Å². The van der Waals surface area contributed by atoms with Gasteiger partial charge in [0, 0.05) is 27.5 Å².